The fourth-order valence-electron chi connectivity index (χ4n) is 2.44. The van der Waals surface area contributed by atoms with Crippen molar-refractivity contribution in [3.8, 4) is 0 Å². The Kier molecular flexibility index (Phi) is 3.21. The third kappa shape index (κ3) is 2.33. The quantitative estimate of drug-likeness (QED) is 0.879. The van der Waals surface area contributed by atoms with E-state index >= 15 is 0 Å². The van der Waals surface area contributed by atoms with Crippen LogP contribution in [-0.2, 0) is 10.3 Å². The lowest BCUT2D eigenvalue weighted by Crippen LogP contribution is -2.36. The highest BCUT2D eigenvalue weighted by Gasteiger charge is 2.42. The van der Waals surface area contributed by atoms with Gasteiger partial charge in [-0.25, -0.2) is 4.98 Å². The zero-order valence-corrected chi connectivity index (χ0v) is 12.0. The van der Waals surface area contributed by atoms with Crippen LogP contribution in [0.3, 0.4) is 0 Å². The zero-order chi connectivity index (χ0) is 12.7. The van der Waals surface area contributed by atoms with Crippen molar-refractivity contribution >= 4 is 17.2 Å². The lowest BCUT2D eigenvalue weighted by molar-refractivity contribution is -0.0666. The highest BCUT2D eigenvalue weighted by Crippen LogP contribution is 2.48. The lowest BCUT2D eigenvalue weighted by atomic mass is 9.71. The SMILES string of the molecule is COC1(c2nc(N)c(C)s2)CCC(C)(C)CC1. The number of rotatable bonds is 2. The number of nitrogens with zero attached hydrogens (tertiary/aromatic N) is 1. The van der Waals surface area contributed by atoms with Crippen molar-refractivity contribution in [1.29, 1.82) is 0 Å². The van der Waals surface area contributed by atoms with Crippen molar-refractivity contribution < 1.29 is 4.74 Å². The molecule has 0 atom stereocenters. The van der Waals surface area contributed by atoms with E-state index in [-0.39, 0.29) is 5.60 Å². The molecule has 1 aliphatic carbocycles. The van der Waals surface area contributed by atoms with E-state index < -0.39 is 0 Å². The highest BCUT2D eigenvalue weighted by atomic mass is 32.1. The predicted octanol–water partition coefficient (Wildman–Crippen LogP) is 3.48. The first-order chi connectivity index (χ1) is 7.88. The third-order valence-corrected chi connectivity index (χ3v) is 5.20. The first-order valence-electron chi connectivity index (χ1n) is 6.17. The van der Waals surface area contributed by atoms with Crippen LogP contribution >= 0.6 is 11.3 Å². The van der Waals surface area contributed by atoms with Gasteiger partial charge in [-0.1, -0.05) is 13.8 Å². The Morgan fingerprint density at radius 1 is 1.24 bits per heavy atom. The smallest absolute Gasteiger partial charge is 0.137 e. The minimum atomic E-state index is -0.192. The van der Waals surface area contributed by atoms with E-state index in [1.165, 1.54) is 12.8 Å². The largest absolute Gasteiger partial charge is 0.383 e. The fraction of sp³-hybridized carbons (Fsp3) is 0.769. The normalized spacial score (nSPS) is 22.6. The number of thiazole rings is 1. The van der Waals surface area contributed by atoms with Crippen LogP contribution in [-0.4, -0.2) is 12.1 Å². The molecule has 0 bridgehead atoms. The summed E-state index contributed by atoms with van der Waals surface area (Å²) in [5.41, 5.74) is 6.10. The molecule has 3 nitrogen and oxygen atoms in total. The van der Waals surface area contributed by atoms with Crippen LogP contribution in [0, 0.1) is 12.3 Å². The number of nitrogens with two attached hydrogens (primary N) is 1. The number of nitrogen functional groups attached to an aromatic ring is 1. The molecule has 1 saturated carbocycles. The molecule has 0 radical (unpaired) electrons. The molecule has 0 aliphatic heterocycles. The number of anilines is 1. The van der Waals surface area contributed by atoms with Gasteiger partial charge < -0.3 is 10.5 Å². The van der Waals surface area contributed by atoms with Crippen LogP contribution in [0.4, 0.5) is 5.82 Å². The molecule has 2 N–H and O–H groups in total. The lowest BCUT2D eigenvalue weighted by Gasteiger charge is -2.41. The van der Waals surface area contributed by atoms with Crippen LogP contribution in [0.1, 0.15) is 49.4 Å². The number of hydrogen-bond donors (Lipinski definition) is 1. The van der Waals surface area contributed by atoms with Gasteiger partial charge in [-0.15, -0.1) is 11.3 Å². The second-order valence-corrected chi connectivity index (χ2v) is 7.03. The summed E-state index contributed by atoms with van der Waals surface area (Å²) in [4.78, 5) is 5.59. The van der Waals surface area contributed by atoms with E-state index in [9.17, 15) is 0 Å². The average Bonchev–Trinajstić information content (AvgIpc) is 2.61. The van der Waals surface area contributed by atoms with Gasteiger partial charge in [0.15, 0.2) is 0 Å². The molecule has 0 amide bonds. The Morgan fingerprint density at radius 3 is 2.24 bits per heavy atom. The van der Waals surface area contributed by atoms with Gasteiger partial charge in [-0.2, -0.15) is 0 Å². The molecule has 17 heavy (non-hydrogen) atoms. The second-order valence-electron chi connectivity index (χ2n) is 5.82. The number of aromatic nitrogens is 1. The van der Waals surface area contributed by atoms with E-state index in [0.29, 0.717) is 11.2 Å². The van der Waals surface area contributed by atoms with Crippen molar-refractivity contribution in [2.24, 2.45) is 5.41 Å². The van der Waals surface area contributed by atoms with Crippen LogP contribution in [0.15, 0.2) is 0 Å². The summed E-state index contributed by atoms with van der Waals surface area (Å²) in [7, 11) is 1.80. The minimum absolute atomic E-state index is 0.192. The molecular formula is C13H22N2OS. The first-order valence-corrected chi connectivity index (χ1v) is 6.99. The molecule has 0 spiro atoms. The van der Waals surface area contributed by atoms with Crippen molar-refractivity contribution in [3.05, 3.63) is 9.88 Å². The predicted molar refractivity (Wildman–Crippen MR) is 72.2 cm³/mol. The maximum atomic E-state index is 5.86. The highest BCUT2D eigenvalue weighted by molar-refractivity contribution is 7.12. The molecule has 1 aliphatic rings. The van der Waals surface area contributed by atoms with Crippen LogP contribution < -0.4 is 5.73 Å². The maximum absolute atomic E-state index is 5.86. The van der Waals surface area contributed by atoms with Gasteiger partial charge in [-0.3, -0.25) is 0 Å². The molecule has 0 unspecified atom stereocenters. The van der Waals surface area contributed by atoms with Gasteiger partial charge in [0.1, 0.15) is 16.4 Å². The fourth-order valence-corrected chi connectivity index (χ4v) is 3.50. The van der Waals surface area contributed by atoms with E-state index in [1.54, 1.807) is 18.4 Å². The first kappa shape index (κ1) is 12.8. The Labute approximate surface area is 107 Å². The van der Waals surface area contributed by atoms with Gasteiger partial charge in [0.05, 0.1) is 0 Å². The zero-order valence-electron chi connectivity index (χ0n) is 11.2. The summed E-state index contributed by atoms with van der Waals surface area (Å²) in [5.74, 6) is 0.659. The van der Waals surface area contributed by atoms with Crippen molar-refractivity contribution in [1.82, 2.24) is 4.98 Å². The molecular weight excluding hydrogens is 232 g/mol. The molecule has 1 aromatic rings. The molecule has 1 heterocycles. The average molecular weight is 254 g/mol. The summed E-state index contributed by atoms with van der Waals surface area (Å²) >= 11 is 1.68. The molecule has 0 saturated heterocycles. The van der Waals surface area contributed by atoms with Gasteiger partial charge in [0.25, 0.3) is 0 Å². The summed E-state index contributed by atoms with van der Waals surface area (Å²) in [6, 6.07) is 0. The van der Waals surface area contributed by atoms with E-state index in [4.69, 9.17) is 10.5 Å². The molecule has 2 rings (SSSR count). The van der Waals surface area contributed by atoms with Crippen LogP contribution in [0.5, 0.6) is 0 Å². The number of ether oxygens (including phenoxy) is 1. The third-order valence-electron chi connectivity index (χ3n) is 4.02. The number of methoxy groups -OCH3 is 1. The molecule has 96 valence electrons. The Balaban J connectivity index is 2.27. The molecule has 1 fully saturated rings. The van der Waals surface area contributed by atoms with E-state index in [0.717, 1.165) is 22.7 Å². The maximum Gasteiger partial charge on any atom is 0.137 e. The second kappa shape index (κ2) is 4.25. The van der Waals surface area contributed by atoms with Gasteiger partial charge in [0, 0.05) is 12.0 Å². The Hall–Kier alpha value is -0.610. The van der Waals surface area contributed by atoms with Gasteiger partial charge in [0.2, 0.25) is 0 Å². The Bertz CT molecular complexity index is 382. The van der Waals surface area contributed by atoms with Gasteiger partial charge in [-0.05, 0) is 38.0 Å². The van der Waals surface area contributed by atoms with E-state index in [1.807, 2.05) is 6.92 Å². The van der Waals surface area contributed by atoms with Crippen molar-refractivity contribution in [3.63, 3.8) is 0 Å². The topological polar surface area (TPSA) is 48.1 Å². The molecule has 1 aromatic heterocycles. The summed E-state index contributed by atoms with van der Waals surface area (Å²) in [6.07, 6.45) is 4.45. The van der Waals surface area contributed by atoms with E-state index in [2.05, 4.69) is 18.8 Å². The van der Waals surface area contributed by atoms with Crippen LogP contribution in [0.25, 0.3) is 0 Å². The molecule has 4 heteroatoms. The number of hydrogen-bond acceptors (Lipinski definition) is 4. The Morgan fingerprint density at radius 2 is 1.82 bits per heavy atom. The summed E-state index contributed by atoms with van der Waals surface area (Å²) in [5, 5.41) is 1.06. The summed E-state index contributed by atoms with van der Waals surface area (Å²) in [6.45, 7) is 6.68. The summed E-state index contributed by atoms with van der Waals surface area (Å²) < 4.78 is 5.82. The van der Waals surface area contributed by atoms with Crippen molar-refractivity contribution in [2.45, 2.75) is 52.1 Å². The monoisotopic (exact) mass is 254 g/mol. The van der Waals surface area contributed by atoms with Crippen molar-refractivity contribution in [2.75, 3.05) is 12.8 Å². The molecule has 0 aromatic carbocycles. The van der Waals surface area contributed by atoms with Gasteiger partial charge >= 0.3 is 0 Å². The minimum Gasteiger partial charge on any atom is -0.383 e. The van der Waals surface area contributed by atoms with Crippen LogP contribution in [0.2, 0.25) is 0 Å². The standard InChI is InChI=1S/C13H22N2OS/c1-9-10(14)15-11(17-9)13(16-4)7-5-12(2,3)6-8-13/h5-8,14H2,1-4H3. The number of aryl methyl sites for hydroxylation is 1.